The van der Waals surface area contributed by atoms with E-state index >= 15 is 0 Å². The van der Waals surface area contributed by atoms with E-state index in [9.17, 15) is 0 Å². The summed E-state index contributed by atoms with van der Waals surface area (Å²) in [4.78, 5) is 2.69. The summed E-state index contributed by atoms with van der Waals surface area (Å²) >= 11 is 0. The Bertz CT molecular complexity index is 286. The molecule has 0 amide bonds. The van der Waals surface area contributed by atoms with Crippen LogP contribution in [0, 0.1) is 23.2 Å². The Morgan fingerprint density at radius 1 is 1.00 bits per heavy atom. The molecule has 3 atom stereocenters. The number of nitrogens with zero attached hydrogens (tertiary/aromatic N) is 2. The van der Waals surface area contributed by atoms with Gasteiger partial charge in [-0.2, -0.15) is 5.26 Å². The second kappa shape index (κ2) is 4.04. The predicted octanol–water partition coefficient (Wildman–Crippen LogP) is 2.94. The SMILES string of the molecule is N#CCC1(N2CCCCC2)[C@@H]2CCCC[C@@H]21. The van der Waals surface area contributed by atoms with E-state index in [4.69, 9.17) is 5.26 Å². The lowest BCUT2D eigenvalue weighted by atomic mass is 10.0. The topological polar surface area (TPSA) is 27.0 Å². The minimum atomic E-state index is 0.339. The van der Waals surface area contributed by atoms with Gasteiger partial charge in [-0.1, -0.05) is 19.3 Å². The third-order valence-electron chi connectivity index (χ3n) is 5.25. The van der Waals surface area contributed by atoms with Gasteiger partial charge in [-0.25, -0.2) is 0 Å². The molecular weight excluding hydrogens is 196 g/mol. The van der Waals surface area contributed by atoms with Gasteiger partial charge in [0.05, 0.1) is 12.5 Å². The molecule has 3 aliphatic rings. The van der Waals surface area contributed by atoms with Crippen molar-refractivity contribution < 1.29 is 0 Å². The van der Waals surface area contributed by atoms with Crippen molar-refractivity contribution in [3.8, 4) is 6.07 Å². The molecule has 0 aromatic carbocycles. The van der Waals surface area contributed by atoms with Crippen LogP contribution < -0.4 is 0 Å². The van der Waals surface area contributed by atoms with Gasteiger partial charge in [0.15, 0.2) is 0 Å². The van der Waals surface area contributed by atoms with Crippen molar-refractivity contribution in [2.24, 2.45) is 11.8 Å². The average molecular weight is 218 g/mol. The maximum Gasteiger partial charge on any atom is 0.0641 e. The molecule has 2 aliphatic carbocycles. The van der Waals surface area contributed by atoms with Gasteiger partial charge >= 0.3 is 0 Å². The maximum absolute atomic E-state index is 9.14. The minimum absolute atomic E-state index is 0.339. The Balaban J connectivity index is 1.78. The molecule has 3 fully saturated rings. The van der Waals surface area contributed by atoms with E-state index in [1.54, 1.807) is 0 Å². The standard InChI is InChI=1S/C14H22N2/c15-9-8-14(16-10-4-1-5-11-16)12-6-2-3-7-13(12)14/h12-13H,1-8,10-11H2/t12-,13+,14?. The van der Waals surface area contributed by atoms with Gasteiger partial charge in [0.25, 0.3) is 0 Å². The summed E-state index contributed by atoms with van der Waals surface area (Å²) in [5.74, 6) is 1.75. The predicted molar refractivity (Wildman–Crippen MR) is 63.8 cm³/mol. The van der Waals surface area contributed by atoms with Crippen LogP contribution in [0.15, 0.2) is 0 Å². The van der Waals surface area contributed by atoms with E-state index in [0.29, 0.717) is 5.54 Å². The summed E-state index contributed by atoms with van der Waals surface area (Å²) in [6.07, 6.45) is 10.5. The molecule has 1 heterocycles. The summed E-state index contributed by atoms with van der Waals surface area (Å²) in [6.45, 7) is 2.52. The average Bonchev–Trinajstić information content (AvgIpc) is 3.01. The number of nitriles is 1. The Morgan fingerprint density at radius 2 is 1.62 bits per heavy atom. The molecule has 88 valence electrons. The normalized spacial score (nSPS) is 43.4. The van der Waals surface area contributed by atoms with Crippen molar-refractivity contribution in [2.45, 2.75) is 56.9 Å². The van der Waals surface area contributed by atoms with Crippen LogP contribution in [-0.4, -0.2) is 23.5 Å². The van der Waals surface area contributed by atoms with E-state index in [1.165, 1.54) is 58.0 Å². The molecule has 0 aromatic heterocycles. The van der Waals surface area contributed by atoms with Crippen molar-refractivity contribution >= 4 is 0 Å². The fourth-order valence-electron chi connectivity index (χ4n) is 4.50. The molecule has 1 saturated heterocycles. The first-order valence-corrected chi connectivity index (χ1v) is 7.01. The van der Waals surface area contributed by atoms with Crippen molar-refractivity contribution in [1.82, 2.24) is 4.90 Å². The zero-order chi connectivity index (χ0) is 11.0. The molecule has 1 aliphatic heterocycles. The van der Waals surface area contributed by atoms with Gasteiger partial charge in [-0.3, -0.25) is 4.90 Å². The Labute approximate surface area is 98.6 Å². The molecule has 0 bridgehead atoms. The van der Waals surface area contributed by atoms with Crippen LogP contribution in [0.4, 0.5) is 0 Å². The Kier molecular flexibility index (Phi) is 2.67. The highest BCUT2D eigenvalue weighted by Gasteiger charge is 2.66. The fraction of sp³-hybridized carbons (Fsp3) is 0.929. The third kappa shape index (κ3) is 1.41. The molecule has 2 nitrogen and oxygen atoms in total. The first-order chi connectivity index (χ1) is 7.89. The van der Waals surface area contributed by atoms with E-state index < -0.39 is 0 Å². The van der Waals surface area contributed by atoms with Crippen LogP contribution in [-0.2, 0) is 0 Å². The van der Waals surface area contributed by atoms with E-state index in [1.807, 2.05) is 0 Å². The summed E-state index contributed by atoms with van der Waals surface area (Å²) in [7, 11) is 0. The summed E-state index contributed by atoms with van der Waals surface area (Å²) in [6, 6.07) is 2.48. The highest BCUT2D eigenvalue weighted by atomic mass is 15.3. The van der Waals surface area contributed by atoms with Crippen LogP contribution in [0.3, 0.4) is 0 Å². The van der Waals surface area contributed by atoms with Gasteiger partial charge in [-0.15, -0.1) is 0 Å². The van der Waals surface area contributed by atoms with Crippen molar-refractivity contribution in [1.29, 1.82) is 5.26 Å². The Hall–Kier alpha value is -0.550. The van der Waals surface area contributed by atoms with Gasteiger partial charge in [-0.05, 0) is 50.6 Å². The van der Waals surface area contributed by atoms with Crippen LogP contribution in [0.25, 0.3) is 0 Å². The molecule has 0 radical (unpaired) electrons. The van der Waals surface area contributed by atoms with Crippen molar-refractivity contribution in [3.05, 3.63) is 0 Å². The molecule has 3 rings (SSSR count). The highest BCUT2D eigenvalue weighted by Crippen LogP contribution is 2.63. The summed E-state index contributed by atoms with van der Waals surface area (Å²) in [5.41, 5.74) is 0.339. The lowest BCUT2D eigenvalue weighted by Crippen LogP contribution is -2.43. The number of rotatable bonds is 2. The second-order valence-corrected chi connectivity index (χ2v) is 5.87. The minimum Gasteiger partial charge on any atom is -0.296 e. The van der Waals surface area contributed by atoms with Gasteiger partial charge in [0, 0.05) is 5.54 Å². The number of hydrogen-bond donors (Lipinski definition) is 0. The maximum atomic E-state index is 9.14. The summed E-state index contributed by atoms with van der Waals surface area (Å²) in [5, 5.41) is 9.14. The smallest absolute Gasteiger partial charge is 0.0641 e. The van der Waals surface area contributed by atoms with E-state index in [-0.39, 0.29) is 0 Å². The molecular formula is C14H22N2. The second-order valence-electron chi connectivity index (χ2n) is 5.87. The van der Waals surface area contributed by atoms with Crippen LogP contribution in [0.2, 0.25) is 0 Å². The number of piperidine rings is 1. The van der Waals surface area contributed by atoms with Gasteiger partial charge < -0.3 is 0 Å². The Morgan fingerprint density at radius 3 is 2.19 bits per heavy atom. The molecule has 2 heteroatoms. The summed E-state index contributed by atoms with van der Waals surface area (Å²) < 4.78 is 0. The number of hydrogen-bond acceptors (Lipinski definition) is 2. The molecule has 2 saturated carbocycles. The first-order valence-electron chi connectivity index (χ1n) is 7.01. The zero-order valence-electron chi connectivity index (χ0n) is 10.1. The van der Waals surface area contributed by atoms with Crippen molar-refractivity contribution in [2.75, 3.05) is 13.1 Å². The monoisotopic (exact) mass is 218 g/mol. The molecule has 0 spiro atoms. The lowest BCUT2D eigenvalue weighted by molar-refractivity contribution is 0.126. The molecule has 16 heavy (non-hydrogen) atoms. The van der Waals surface area contributed by atoms with Gasteiger partial charge in [0.2, 0.25) is 0 Å². The van der Waals surface area contributed by atoms with Crippen LogP contribution >= 0.6 is 0 Å². The largest absolute Gasteiger partial charge is 0.296 e. The van der Waals surface area contributed by atoms with Gasteiger partial charge in [0.1, 0.15) is 0 Å². The third-order valence-corrected chi connectivity index (χ3v) is 5.25. The first kappa shape index (κ1) is 10.6. The number of likely N-dealkylation sites (tertiary alicyclic amines) is 1. The molecule has 0 N–H and O–H groups in total. The van der Waals surface area contributed by atoms with Crippen molar-refractivity contribution in [3.63, 3.8) is 0 Å². The van der Waals surface area contributed by atoms with Crippen LogP contribution in [0.1, 0.15) is 51.4 Å². The van der Waals surface area contributed by atoms with Crippen LogP contribution in [0.5, 0.6) is 0 Å². The van der Waals surface area contributed by atoms with E-state index in [2.05, 4.69) is 11.0 Å². The lowest BCUT2D eigenvalue weighted by Gasteiger charge is -2.35. The zero-order valence-corrected chi connectivity index (χ0v) is 10.1. The highest BCUT2D eigenvalue weighted by molar-refractivity contribution is 5.22. The molecule has 1 unspecified atom stereocenters. The number of fused-ring (bicyclic) bond motifs is 1. The molecule has 0 aromatic rings. The fourth-order valence-corrected chi connectivity index (χ4v) is 4.50. The van der Waals surface area contributed by atoms with E-state index in [0.717, 1.165) is 18.3 Å². The quantitative estimate of drug-likeness (QED) is 0.712.